The molecule has 0 spiro atoms. The van der Waals surface area contributed by atoms with E-state index in [1.165, 1.54) is 18.4 Å². The number of hydrogen-bond acceptors (Lipinski definition) is 3. The van der Waals surface area contributed by atoms with Crippen LogP contribution >= 0.6 is 0 Å². The van der Waals surface area contributed by atoms with Crippen LogP contribution in [0.3, 0.4) is 0 Å². The first-order chi connectivity index (χ1) is 16.0. The van der Waals surface area contributed by atoms with Crippen LogP contribution in [0, 0.1) is 12.8 Å². The van der Waals surface area contributed by atoms with E-state index in [4.69, 9.17) is 0 Å². The van der Waals surface area contributed by atoms with E-state index in [9.17, 15) is 8.42 Å². The van der Waals surface area contributed by atoms with Crippen molar-refractivity contribution in [3.63, 3.8) is 0 Å². The van der Waals surface area contributed by atoms with Crippen LogP contribution < -0.4 is 4.31 Å². The number of piperidine rings is 1. The lowest BCUT2D eigenvalue weighted by Crippen LogP contribution is -2.38. The summed E-state index contributed by atoms with van der Waals surface area (Å²) in [5, 5.41) is 0. The minimum Gasteiger partial charge on any atom is -0.303 e. The first kappa shape index (κ1) is 23.5. The van der Waals surface area contributed by atoms with E-state index < -0.39 is 10.0 Å². The van der Waals surface area contributed by atoms with E-state index in [2.05, 4.69) is 35.2 Å². The highest BCUT2D eigenvalue weighted by molar-refractivity contribution is 7.92. The zero-order valence-corrected chi connectivity index (χ0v) is 20.3. The Morgan fingerprint density at radius 2 is 1.45 bits per heavy atom. The molecule has 0 amide bonds. The lowest BCUT2D eigenvalue weighted by atomic mass is 9.90. The van der Waals surface area contributed by atoms with Crippen LogP contribution in [0.2, 0.25) is 0 Å². The minimum absolute atomic E-state index is 0.346. The average Bonchev–Trinajstić information content (AvgIpc) is 2.84. The summed E-state index contributed by atoms with van der Waals surface area (Å²) in [6.07, 6.45) is 4.38. The fourth-order valence-electron chi connectivity index (χ4n) is 4.62. The van der Waals surface area contributed by atoms with Gasteiger partial charge in [0.25, 0.3) is 10.0 Å². The summed E-state index contributed by atoms with van der Waals surface area (Å²) in [5.74, 6) is 0.742. The van der Waals surface area contributed by atoms with Gasteiger partial charge in [-0.1, -0.05) is 66.2 Å². The molecular formula is C28H34N2O2S. The van der Waals surface area contributed by atoms with Gasteiger partial charge in [0, 0.05) is 6.54 Å². The van der Waals surface area contributed by atoms with Crippen molar-refractivity contribution >= 4 is 15.7 Å². The largest absolute Gasteiger partial charge is 0.303 e. The third kappa shape index (κ3) is 6.24. The predicted molar refractivity (Wildman–Crippen MR) is 136 cm³/mol. The fraction of sp³-hybridized carbons (Fsp3) is 0.357. The Morgan fingerprint density at radius 3 is 2.09 bits per heavy atom. The van der Waals surface area contributed by atoms with Gasteiger partial charge < -0.3 is 4.90 Å². The van der Waals surface area contributed by atoms with Gasteiger partial charge in [-0.05, 0) is 88.0 Å². The van der Waals surface area contributed by atoms with E-state index in [-0.39, 0.29) is 0 Å². The molecule has 3 aromatic carbocycles. The predicted octanol–water partition coefficient (Wildman–Crippen LogP) is 5.54. The highest BCUT2D eigenvalue weighted by atomic mass is 32.2. The molecule has 1 fully saturated rings. The number of hydrogen-bond donors (Lipinski definition) is 0. The smallest absolute Gasteiger partial charge is 0.264 e. The lowest BCUT2D eigenvalue weighted by molar-refractivity contribution is 0.183. The van der Waals surface area contributed by atoms with Crippen LogP contribution in [0.25, 0.3) is 0 Å². The van der Waals surface area contributed by atoms with Crippen molar-refractivity contribution in [1.82, 2.24) is 4.90 Å². The third-order valence-electron chi connectivity index (χ3n) is 6.56. The summed E-state index contributed by atoms with van der Waals surface area (Å²) < 4.78 is 28.5. The summed E-state index contributed by atoms with van der Waals surface area (Å²) in [5.41, 5.74) is 3.20. The molecule has 0 atom stereocenters. The molecule has 0 radical (unpaired) electrons. The summed E-state index contributed by atoms with van der Waals surface area (Å²) in [4.78, 5) is 2.84. The molecule has 4 rings (SSSR count). The summed E-state index contributed by atoms with van der Waals surface area (Å²) in [7, 11) is -3.60. The maximum Gasteiger partial charge on any atom is 0.264 e. The Labute approximate surface area is 198 Å². The maximum atomic E-state index is 13.5. The highest BCUT2D eigenvalue weighted by Crippen LogP contribution is 2.25. The van der Waals surface area contributed by atoms with Crippen LogP contribution in [0.1, 0.15) is 30.4 Å². The molecule has 174 valence electrons. The number of aryl methyl sites for hydroxylation is 1. The van der Waals surface area contributed by atoms with Crippen molar-refractivity contribution in [3.8, 4) is 0 Å². The molecule has 33 heavy (non-hydrogen) atoms. The van der Waals surface area contributed by atoms with Gasteiger partial charge >= 0.3 is 0 Å². The number of sulfonamides is 1. The monoisotopic (exact) mass is 462 g/mol. The van der Waals surface area contributed by atoms with Gasteiger partial charge in [0.05, 0.1) is 10.6 Å². The van der Waals surface area contributed by atoms with Crippen molar-refractivity contribution in [2.24, 2.45) is 5.92 Å². The Balaban J connectivity index is 1.35. The van der Waals surface area contributed by atoms with Crippen LogP contribution in [-0.2, 0) is 16.4 Å². The first-order valence-electron chi connectivity index (χ1n) is 11.9. The second-order valence-corrected chi connectivity index (χ2v) is 10.9. The number of anilines is 1. The molecule has 3 aromatic rings. The summed E-state index contributed by atoms with van der Waals surface area (Å²) in [6, 6.07) is 27.3. The molecule has 1 aliphatic heterocycles. The zero-order valence-electron chi connectivity index (χ0n) is 19.4. The van der Waals surface area contributed by atoms with Gasteiger partial charge in [-0.25, -0.2) is 8.42 Å². The molecule has 0 bridgehead atoms. The Hall–Kier alpha value is -2.63. The zero-order chi connectivity index (χ0) is 23.1. The van der Waals surface area contributed by atoms with Gasteiger partial charge in [-0.3, -0.25) is 4.31 Å². The lowest BCUT2D eigenvalue weighted by Gasteiger charge is -2.33. The second kappa shape index (κ2) is 11.0. The fourth-order valence-corrected chi connectivity index (χ4v) is 6.12. The number of likely N-dealkylation sites (tertiary alicyclic amines) is 1. The number of rotatable bonds is 9. The van der Waals surface area contributed by atoms with Gasteiger partial charge in [0.1, 0.15) is 0 Å². The van der Waals surface area contributed by atoms with Crippen LogP contribution in [0.15, 0.2) is 89.8 Å². The minimum atomic E-state index is -3.60. The molecular weight excluding hydrogens is 428 g/mol. The topological polar surface area (TPSA) is 40.6 Å². The molecule has 1 heterocycles. The van der Waals surface area contributed by atoms with Crippen LogP contribution in [0.5, 0.6) is 0 Å². The second-order valence-electron chi connectivity index (χ2n) is 9.05. The standard InChI is InChI=1S/C28H34N2O2S/c1-24-13-15-28(16-14-24)33(31,32)30(27-11-6-3-7-12-27)20-8-19-29-21-17-26(18-22-29)23-25-9-4-2-5-10-25/h2-7,9-16,26H,8,17-23H2,1H3. The van der Waals surface area contributed by atoms with Crippen molar-refractivity contribution in [1.29, 1.82) is 0 Å². The van der Waals surface area contributed by atoms with E-state index in [0.717, 1.165) is 49.6 Å². The summed E-state index contributed by atoms with van der Waals surface area (Å²) in [6.45, 7) is 5.55. The van der Waals surface area contributed by atoms with E-state index in [1.807, 2.05) is 49.4 Å². The maximum absolute atomic E-state index is 13.5. The highest BCUT2D eigenvalue weighted by Gasteiger charge is 2.25. The number of benzene rings is 3. The summed E-state index contributed by atoms with van der Waals surface area (Å²) >= 11 is 0. The van der Waals surface area contributed by atoms with Crippen LogP contribution in [0.4, 0.5) is 5.69 Å². The van der Waals surface area contributed by atoms with Gasteiger partial charge in [0.2, 0.25) is 0 Å². The molecule has 5 heteroatoms. The van der Waals surface area contributed by atoms with Gasteiger partial charge in [-0.15, -0.1) is 0 Å². The van der Waals surface area contributed by atoms with E-state index in [0.29, 0.717) is 11.4 Å². The van der Waals surface area contributed by atoms with Crippen LogP contribution in [-0.4, -0.2) is 39.5 Å². The van der Waals surface area contributed by atoms with Crippen molar-refractivity contribution in [2.75, 3.05) is 30.5 Å². The molecule has 1 saturated heterocycles. The van der Waals surface area contributed by atoms with Crippen molar-refractivity contribution in [3.05, 3.63) is 96.1 Å². The number of para-hydroxylation sites is 1. The molecule has 0 aromatic heterocycles. The molecule has 4 nitrogen and oxygen atoms in total. The number of nitrogens with zero attached hydrogens (tertiary/aromatic N) is 2. The van der Waals surface area contributed by atoms with E-state index in [1.54, 1.807) is 16.4 Å². The molecule has 1 aliphatic rings. The quantitative estimate of drug-likeness (QED) is 0.419. The SMILES string of the molecule is Cc1ccc(S(=O)(=O)N(CCCN2CCC(Cc3ccccc3)CC2)c2ccccc2)cc1. The third-order valence-corrected chi connectivity index (χ3v) is 8.40. The molecule has 0 aliphatic carbocycles. The Morgan fingerprint density at radius 1 is 0.848 bits per heavy atom. The first-order valence-corrected chi connectivity index (χ1v) is 13.4. The van der Waals surface area contributed by atoms with Crippen molar-refractivity contribution in [2.45, 2.75) is 37.5 Å². The van der Waals surface area contributed by atoms with Gasteiger partial charge in [0.15, 0.2) is 0 Å². The van der Waals surface area contributed by atoms with Crippen molar-refractivity contribution < 1.29 is 8.42 Å². The molecule has 0 N–H and O–H groups in total. The average molecular weight is 463 g/mol. The normalized spacial score (nSPS) is 15.4. The Bertz CT molecular complexity index is 1090. The Kier molecular flexibility index (Phi) is 7.84. The van der Waals surface area contributed by atoms with Gasteiger partial charge in [-0.2, -0.15) is 0 Å². The van der Waals surface area contributed by atoms with E-state index >= 15 is 0 Å². The molecule has 0 saturated carbocycles. The molecule has 0 unspecified atom stereocenters.